The third kappa shape index (κ3) is 2.22. The molecule has 1 aliphatic carbocycles. The molecule has 0 fully saturated rings. The van der Waals surface area contributed by atoms with Gasteiger partial charge >= 0.3 is 0 Å². The fraction of sp³-hybridized carbons (Fsp3) is 0.316. The number of rotatable bonds is 3. The van der Waals surface area contributed by atoms with Crippen LogP contribution < -0.4 is 0 Å². The summed E-state index contributed by atoms with van der Waals surface area (Å²) in [7, 11) is 1.83. The molecule has 0 saturated carbocycles. The van der Waals surface area contributed by atoms with Crippen molar-refractivity contribution in [3.05, 3.63) is 65.7 Å². The summed E-state index contributed by atoms with van der Waals surface area (Å²) >= 11 is 0. The number of methoxy groups -OCH3 is 1. The topological polar surface area (TPSA) is 37.9 Å². The zero-order valence-corrected chi connectivity index (χ0v) is 12.8. The number of nitrogens with zero attached hydrogens (tertiary/aromatic N) is 1. The highest BCUT2D eigenvalue weighted by molar-refractivity contribution is 5.86. The summed E-state index contributed by atoms with van der Waals surface area (Å²) in [6.07, 6.45) is 5.11. The maximum atomic E-state index is 5.94. The van der Waals surface area contributed by atoms with Crippen LogP contribution in [0, 0.1) is 5.92 Å². The van der Waals surface area contributed by atoms with Gasteiger partial charge in [-0.3, -0.25) is 0 Å². The van der Waals surface area contributed by atoms with Gasteiger partial charge in [0, 0.05) is 12.8 Å². The predicted molar refractivity (Wildman–Crippen MR) is 87.8 cm³/mol. The lowest BCUT2D eigenvalue weighted by Gasteiger charge is -2.30. The van der Waals surface area contributed by atoms with Crippen LogP contribution in [0.15, 0.2) is 48.8 Å². The average Bonchev–Trinajstić information content (AvgIpc) is 3.03. The van der Waals surface area contributed by atoms with E-state index < -0.39 is 0 Å². The normalized spacial score (nSPS) is 19.0. The molecule has 1 aliphatic rings. The van der Waals surface area contributed by atoms with E-state index in [0.717, 1.165) is 19.3 Å². The first-order chi connectivity index (χ1) is 10.9. The molecule has 1 N–H and O–H groups in total. The number of H-pyrrole nitrogens is 1. The van der Waals surface area contributed by atoms with Crippen LogP contribution in [0.5, 0.6) is 0 Å². The van der Waals surface area contributed by atoms with Crippen molar-refractivity contribution in [3.63, 3.8) is 0 Å². The van der Waals surface area contributed by atoms with E-state index in [9.17, 15) is 0 Å². The highest BCUT2D eigenvalue weighted by atomic mass is 16.5. The molecule has 0 aliphatic heterocycles. The van der Waals surface area contributed by atoms with Crippen LogP contribution in [0.1, 0.15) is 29.5 Å². The van der Waals surface area contributed by atoms with Gasteiger partial charge in [0.2, 0.25) is 0 Å². The third-order valence-electron chi connectivity index (χ3n) is 4.84. The van der Waals surface area contributed by atoms with Crippen molar-refractivity contribution in [1.29, 1.82) is 0 Å². The van der Waals surface area contributed by atoms with Crippen molar-refractivity contribution >= 4 is 10.8 Å². The zero-order valence-electron chi connectivity index (χ0n) is 12.8. The van der Waals surface area contributed by atoms with Crippen molar-refractivity contribution in [3.8, 4) is 0 Å². The Labute approximate surface area is 130 Å². The SMILES string of the molecule is COC(c1cccc2ccccc12)C1CCc2nc[nH]c2C1. The number of nitrogens with one attached hydrogen (secondary N) is 1. The molecule has 2 atom stereocenters. The van der Waals surface area contributed by atoms with E-state index in [1.165, 1.54) is 27.7 Å². The first-order valence-corrected chi connectivity index (χ1v) is 7.88. The number of aryl methyl sites for hydroxylation is 1. The summed E-state index contributed by atoms with van der Waals surface area (Å²) in [4.78, 5) is 7.69. The van der Waals surface area contributed by atoms with Crippen LogP contribution >= 0.6 is 0 Å². The number of hydrogen-bond acceptors (Lipinski definition) is 2. The Kier molecular flexibility index (Phi) is 3.43. The van der Waals surface area contributed by atoms with Crippen molar-refractivity contribution in [2.45, 2.75) is 25.4 Å². The molecule has 22 heavy (non-hydrogen) atoms. The smallest absolute Gasteiger partial charge is 0.0925 e. The summed E-state index contributed by atoms with van der Waals surface area (Å²) in [5.74, 6) is 0.490. The highest BCUT2D eigenvalue weighted by Gasteiger charge is 2.29. The second-order valence-electron chi connectivity index (χ2n) is 6.06. The quantitative estimate of drug-likeness (QED) is 0.790. The fourth-order valence-electron chi connectivity index (χ4n) is 3.76. The third-order valence-corrected chi connectivity index (χ3v) is 4.84. The number of aromatic amines is 1. The molecule has 1 aromatic heterocycles. The Morgan fingerprint density at radius 2 is 2.05 bits per heavy atom. The molecular formula is C19H20N2O. The van der Waals surface area contributed by atoms with Gasteiger partial charge in [-0.15, -0.1) is 0 Å². The number of ether oxygens (including phenoxy) is 1. The molecule has 3 aromatic rings. The van der Waals surface area contributed by atoms with Crippen molar-refractivity contribution in [1.82, 2.24) is 9.97 Å². The van der Waals surface area contributed by atoms with E-state index >= 15 is 0 Å². The van der Waals surface area contributed by atoms with Crippen LogP contribution in [-0.2, 0) is 17.6 Å². The fourth-order valence-corrected chi connectivity index (χ4v) is 3.76. The van der Waals surface area contributed by atoms with Crippen molar-refractivity contribution < 1.29 is 4.74 Å². The molecule has 112 valence electrons. The molecule has 0 saturated heterocycles. The Balaban J connectivity index is 1.73. The monoisotopic (exact) mass is 292 g/mol. The van der Waals surface area contributed by atoms with E-state index in [0.29, 0.717) is 5.92 Å². The number of aromatic nitrogens is 2. The summed E-state index contributed by atoms with van der Waals surface area (Å²) in [5, 5.41) is 2.58. The maximum absolute atomic E-state index is 5.94. The summed E-state index contributed by atoms with van der Waals surface area (Å²) in [6.45, 7) is 0. The van der Waals surface area contributed by atoms with Crippen LogP contribution in [0.25, 0.3) is 10.8 Å². The molecule has 2 aromatic carbocycles. The Hall–Kier alpha value is -2.13. The molecule has 1 heterocycles. The van der Waals surface area contributed by atoms with Gasteiger partial charge in [-0.25, -0.2) is 4.98 Å². The molecule has 0 amide bonds. The summed E-state index contributed by atoms with van der Waals surface area (Å²) < 4.78 is 5.94. The Morgan fingerprint density at radius 1 is 1.18 bits per heavy atom. The molecule has 0 bridgehead atoms. The molecule has 3 heteroatoms. The number of imidazole rings is 1. The standard InChI is InChI=1S/C19H20N2O/c1-22-19(14-9-10-17-18(11-14)21-12-20-17)16-8-4-6-13-5-2-3-7-15(13)16/h2-8,12,14,19H,9-11H2,1H3,(H,20,21). The van der Waals surface area contributed by atoms with Crippen LogP contribution in [0.2, 0.25) is 0 Å². The minimum absolute atomic E-state index is 0.127. The van der Waals surface area contributed by atoms with Gasteiger partial charge in [-0.2, -0.15) is 0 Å². The summed E-state index contributed by atoms with van der Waals surface area (Å²) in [6, 6.07) is 15.1. The van der Waals surface area contributed by atoms with Gasteiger partial charge in [0.1, 0.15) is 0 Å². The van der Waals surface area contributed by atoms with Crippen LogP contribution in [0.3, 0.4) is 0 Å². The summed E-state index contributed by atoms with van der Waals surface area (Å²) in [5.41, 5.74) is 3.80. The number of benzene rings is 2. The van der Waals surface area contributed by atoms with E-state index in [4.69, 9.17) is 4.74 Å². The van der Waals surface area contributed by atoms with E-state index in [1.54, 1.807) is 0 Å². The van der Waals surface area contributed by atoms with E-state index in [1.807, 2.05) is 13.4 Å². The molecule has 0 radical (unpaired) electrons. The second kappa shape index (κ2) is 5.58. The average molecular weight is 292 g/mol. The molecule has 3 nitrogen and oxygen atoms in total. The van der Waals surface area contributed by atoms with Gasteiger partial charge in [0.05, 0.1) is 18.1 Å². The van der Waals surface area contributed by atoms with Crippen LogP contribution in [0.4, 0.5) is 0 Å². The number of hydrogen-bond donors (Lipinski definition) is 1. The van der Waals surface area contributed by atoms with Crippen LogP contribution in [-0.4, -0.2) is 17.1 Å². The van der Waals surface area contributed by atoms with E-state index in [-0.39, 0.29) is 6.10 Å². The van der Waals surface area contributed by atoms with Gasteiger partial charge in [0.25, 0.3) is 0 Å². The minimum Gasteiger partial charge on any atom is -0.376 e. The Bertz CT molecular complexity index is 787. The largest absolute Gasteiger partial charge is 0.376 e. The van der Waals surface area contributed by atoms with Gasteiger partial charge in [0.15, 0.2) is 0 Å². The molecule has 2 unspecified atom stereocenters. The second-order valence-corrected chi connectivity index (χ2v) is 6.06. The first-order valence-electron chi connectivity index (χ1n) is 7.88. The first kappa shape index (κ1) is 13.5. The molecular weight excluding hydrogens is 272 g/mol. The predicted octanol–water partition coefficient (Wildman–Crippen LogP) is 4.06. The van der Waals surface area contributed by atoms with E-state index in [2.05, 4.69) is 52.4 Å². The van der Waals surface area contributed by atoms with Gasteiger partial charge < -0.3 is 9.72 Å². The highest BCUT2D eigenvalue weighted by Crippen LogP contribution is 2.37. The lowest BCUT2D eigenvalue weighted by atomic mass is 9.82. The van der Waals surface area contributed by atoms with Crippen molar-refractivity contribution in [2.75, 3.05) is 7.11 Å². The molecule has 0 spiro atoms. The maximum Gasteiger partial charge on any atom is 0.0925 e. The van der Waals surface area contributed by atoms with Crippen molar-refractivity contribution in [2.24, 2.45) is 5.92 Å². The zero-order chi connectivity index (χ0) is 14.9. The number of fused-ring (bicyclic) bond motifs is 2. The lowest BCUT2D eigenvalue weighted by Crippen LogP contribution is -2.22. The van der Waals surface area contributed by atoms with Gasteiger partial charge in [-0.1, -0.05) is 42.5 Å². The molecule has 4 rings (SSSR count). The minimum atomic E-state index is 0.127. The van der Waals surface area contributed by atoms with Gasteiger partial charge in [-0.05, 0) is 41.5 Å². The lowest BCUT2D eigenvalue weighted by molar-refractivity contribution is 0.0458. The Morgan fingerprint density at radius 3 is 2.95 bits per heavy atom.